The summed E-state index contributed by atoms with van der Waals surface area (Å²) in [5, 5.41) is 29.3. The van der Waals surface area contributed by atoms with E-state index in [2.05, 4.69) is 0 Å². The summed E-state index contributed by atoms with van der Waals surface area (Å²) in [6.07, 6.45) is 1.91. The fraction of sp³-hybridized carbons (Fsp3) is 0.562. The second-order valence-corrected chi connectivity index (χ2v) is 5.81. The third-order valence-corrected chi connectivity index (χ3v) is 4.11. The molecule has 0 saturated carbocycles. The van der Waals surface area contributed by atoms with Crippen molar-refractivity contribution in [1.82, 2.24) is 0 Å². The van der Waals surface area contributed by atoms with Crippen molar-refractivity contribution in [3.8, 4) is 11.5 Å². The van der Waals surface area contributed by atoms with Gasteiger partial charge in [-0.1, -0.05) is 0 Å². The Morgan fingerprint density at radius 3 is 2.52 bits per heavy atom. The van der Waals surface area contributed by atoms with E-state index in [-0.39, 0.29) is 29.3 Å². The number of ether oxygens (including phenoxy) is 1. The van der Waals surface area contributed by atoms with Crippen LogP contribution >= 0.6 is 0 Å². The van der Waals surface area contributed by atoms with Gasteiger partial charge in [-0.2, -0.15) is 0 Å². The predicted molar refractivity (Wildman–Crippen MR) is 77.7 cm³/mol. The minimum atomic E-state index is -0.540. The molecule has 0 saturated heterocycles. The molecule has 1 aromatic carbocycles. The maximum atomic E-state index is 12.1. The van der Waals surface area contributed by atoms with E-state index in [4.69, 9.17) is 4.74 Å². The zero-order valence-corrected chi connectivity index (χ0v) is 12.6. The van der Waals surface area contributed by atoms with Gasteiger partial charge in [0.1, 0.15) is 23.2 Å². The number of esters is 1. The van der Waals surface area contributed by atoms with E-state index >= 15 is 0 Å². The van der Waals surface area contributed by atoms with Gasteiger partial charge in [0.2, 0.25) is 0 Å². The molecular formula is C16H22O5. The van der Waals surface area contributed by atoms with Crippen LogP contribution in [-0.4, -0.2) is 33.5 Å². The fourth-order valence-electron chi connectivity index (χ4n) is 2.81. The summed E-state index contributed by atoms with van der Waals surface area (Å²) in [5.74, 6) is -0.703. The Morgan fingerprint density at radius 1 is 1.24 bits per heavy atom. The van der Waals surface area contributed by atoms with Crippen molar-refractivity contribution in [3.63, 3.8) is 0 Å². The van der Waals surface area contributed by atoms with Gasteiger partial charge >= 0.3 is 5.97 Å². The molecule has 1 aromatic rings. The highest BCUT2D eigenvalue weighted by Crippen LogP contribution is 2.40. The van der Waals surface area contributed by atoms with Crippen molar-refractivity contribution >= 4 is 5.97 Å². The first kappa shape index (κ1) is 15.6. The number of fused-ring (bicyclic) bond motifs is 1. The van der Waals surface area contributed by atoms with Gasteiger partial charge in [0.25, 0.3) is 0 Å². The minimum Gasteiger partial charge on any atom is -0.507 e. The molecule has 1 aliphatic rings. The third-order valence-electron chi connectivity index (χ3n) is 4.11. The van der Waals surface area contributed by atoms with E-state index in [0.29, 0.717) is 36.0 Å². The number of cyclic esters (lactones) is 1. The Labute approximate surface area is 124 Å². The van der Waals surface area contributed by atoms with Crippen LogP contribution < -0.4 is 0 Å². The van der Waals surface area contributed by atoms with Gasteiger partial charge in [-0.05, 0) is 51.2 Å². The number of aliphatic hydroxyl groups is 1. The Bertz CT molecular complexity index is 563. The van der Waals surface area contributed by atoms with Gasteiger partial charge in [-0.3, -0.25) is 0 Å². The maximum absolute atomic E-state index is 12.1. The first-order valence-electron chi connectivity index (χ1n) is 7.26. The number of benzene rings is 1. The number of aliphatic hydroxyl groups excluding tert-OH is 1. The van der Waals surface area contributed by atoms with E-state index in [1.807, 2.05) is 0 Å². The third kappa shape index (κ3) is 2.97. The van der Waals surface area contributed by atoms with Crippen LogP contribution in [0.5, 0.6) is 11.5 Å². The largest absolute Gasteiger partial charge is 0.507 e. The summed E-state index contributed by atoms with van der Waals surface area (Å²) in [6.45, 7) is 5.04. The molecule has 0 spiro atoms. The van der Waals surface area contributed by atoms with Crippen LogP contribution in [-0.2, 0) is 11.2 Å². The van der Waals surface area contributed by atoms with Crippen molar-refractivity contribution in [2.45, 2.75) is 58.7 Å². The molecule has 116 valence electrons. The van der Waals surface area contributed by atoms with Crippen LogP contribution in [0.25, 0.3) is 0 Å². The van der Waals surface area contributed by atoms with Crippen molar-refractivity contribution in [2.24, 2.45) is 0 Å². The van der Waals surface area contributed by atoms with Gasteiger partial charge in [0.15, 0.2) is 0 Å². The molecule has 5 nitrogen and oxygen atoms in total. The van der Waals surface area contributed by atoms with Crippen LogP contribution in [0.15, 0.2) is 0 Å². The second-order valence-electron chi connectivity index (χ2n) is 5.81. The summed E-state index contributed by atoms with van der Waals surface area (Å²) in [5.41, 5.74) is 1.76. The highest BCUT2D eigenvalue weighted by atomic mass is 16.5. The molecule has 0 radical (unpaired) electrons. The lowest BCUT2D eigenvalue weighted by Crippen LogP contribution is -2.29. The SMILES string of the molecule is Cc1c(O)c(C)c2c(c1O)C(=O)OC(CCCC(C)O)C2. The quantitative estimate of drug-likeness (QED) is 0.742. The Balaban J connectivity index is 2.25. The first-order valence-corrected chi connectivity index (χ1v) is 7.26. The van der Waals surface area contributed by atoms with Gasteiger partial charge in [0, 0.05) is 12.0 Å². The Hall–Kier alpha value is -1.75. The maximum Gasteiger partial charge on any atom is 0.342 e. The van der Waals surface area contributed by atoms with Gasteiger partial charge in [0.05, 0.1) is 6.10 Å². The number of hydrogen-bond donors (Lipinski definition) is 3. The number of rotatable bonds is 4. The molecule has 2 atom stereocenters. The smallest absolute Gasteiger partial charge is 0.342 e. The molecule has 2 unspecified atom stereocenters. The zero-order chi connectivity index (χ0) is 15.7. The van der Waals surface area contributed by atoms with Crippen LogP contribution in [0, 0.1) is 13.8 Å². The normalized spacial score (nSPS) is 19.0. The molecule has 1 aliphatic heterocycles. The minimum absolute atomic E-state index is 0.0312. The predicted octanol–water partition coefficient (Wildman–Crippen LogP) is 2.35. The molecule has 5 heteroatoms. The van der Waals surface area contributed by atoms with Crippen LogP contribution in [0.3, 0.4) is 0 Å². The topological polar surface area (TPSA) is 87.0 Å². The van der Waals surface area contributed by atoms with E-state index < -0.39 is 5.97 Å². The van der Waals surface area contributed by atoms with Crippen molar-refractivity contribution < 1.29 is 24.9 Å². The number of carbonyl (C=O) groups is 1. The number of phenolic OH excluding ortho intramolecular Hbond substituents is 2. The second kappa shape index (κ2) is 5.93. The highest BCUT2D eigenvalue weighted by Gasteiger charge is 2.32. The molecule has 1 heterocycles. The van der Waals surface area contributed by atoms with E-state index in [1.54, 1.807) is 20.8 Å². The number of carbonyl (C=O) groups excluding carboxylic acids is 1. The molecule has 21 heavy (non-hydrogen) atoms. The van der Waals surface area contributed by atoms with Gasteiger partial charge in [-0.15, -0.1) is 0 Å². The summed E-state index contributed by atoms with van der Waals surface area (Å²) in [7, 11) is 0. The van der Waals surface area contributed by atoms with Gasteiger partial charge < -0.3 is 20.1 Å². The molecule has 0 bridgehead atoms. The zero-order valence-electron chi connectivity index (χ0n) is 12.6. The molecule has 0 fully saturated rings. The molecule has 0 aromatic heterocycles. The van der Waals surface area contributed by atoms with Crippen LogP contribution in [0.2, 0.25) is 0 Å². The average Bonchev–Trinajstić information content (AvgIpc) is 2.42. The van der Waals surface area contributed by atoms with Crippen molar-refractivity contribution in [3.05, 3.63) is 22.3 Å². The highest BCUT2D eigenvalue weighted by molar-refractivity contribution is 5.96. The number of phenols is 2. The summed E-state index contributed by atoms with van der Waals surface area (Å²) in [4.78, 5) is 12.1. The summed E-state index contributed by atoms with van der Waals surface area (Å²) >= 11 is 0. The Morgan fingerprint density at radius 2 is 1.90 bits per heavy atom. The molecule has 0 amide bonds. The van der Waals surface area contributed by atoms with E-state index in [1.165, 1.54) is 0 Å². The van der Waals surface area contributed by atoms with Crippen molar-refractivity contribution in [1.29, 1.82) is 0 Å². The lowest BCUT2D eigenvalue weighted by Gasteiger charge is -2.27. The average molecular weight is 294 g/mol. The first-order chi connectivity index (χ1) is 9.82. The Kier molecular flexibility index (Phi) is 4.42. The molecular weight excluding hydrogens is 272 g/mol. The lowest BCUT2D eigenvalue weighted by molar-refractivity contribution is 0.0219. The summed E-state index contributed by atoms with van der Waals surface area (Å²) < 4.78 is 5.36. The molecule has 0 aliphatic carbocycles. The fourth-order valence-corrected chi connectivity index (χ4v) is 2.81. The van der Waals surface area contributed by atoms with E-state index in [9.17, 15) is 20.1 Å². The lowest BCUT2D eigenvalue weighted by atomic mass is 9.89. The monoisotopic (exact) mass is 294 g/mol. The number of aromatic hydroxyl groups is 2. The van der Waals surface area contributed by atoms with Crippen LogP contribution in [0.4, 0.5) is 0 Å². The molecule has 2 rings (SSSR count). The molecule has 3 N–H and O–H groups in total. The number of hydrogen-bond acceptors (Lipinski definition) is 5. The van der Waals surface area contributed by atoms with Crippen LogP contribution in [0.1, 0.15) is 53.2 Å². The van der Waals surface area contributed by atoms with Gasteiger partial charge in [-0.25, -0.2) is 4.79 Å². The van der Waals surface area contributed by atoms with Crippen molar-refractivity contribution in [2.75, 3.05) is 0 Å². The van der Waals surface area contributed by atoms with E-state index in [0.717, 1.165) is 6.42 Å². The summed E-state index contributed by atoms with van der Waals surface area (Å²) in [6, 6.07) is 0. The standard InChI is InChI=1S/C16H22O5/c1-8(17)5-4-6-11-7-12-9(2)14(18)10(3)15(19)13(12)16(20)21-11/h8,11,17-19H,4-7H2,1-3H3.